The van der Waals surface area contributed by atoms with E-state index in [9.17, 15) is 19.2 Å². The van der Waals surface area contributed by atoms with E-state index in [-0.39, 0.29) is 29.7 Å². The first kappa shape index (κ1) is 23.8. The number of hydrogen-bond donors (Lipinski definition) is 1. The minimum atomic E-state index is -0.429. The van der Waals surface area contributed by atoms with Crippen molar-refractivity contribution < 1.29 is 14.3 Å². The number of amides is 2. The SMILES string of the molecule is Cn1c(=O)c2[nH]c(CCCC(=O)N3CCC(N4CC(c5ccccc5)OC4=O)CC3)nc2n(C)c1=O. The highest BCUT2D eigenvalue weighted by atomic mass is 16.6. The van der Waals surface area contributed by atoms with Crippen molar-refractivity contribution in [1.29, 1.82) is 0 Å². The lowest BCUT2D eigenvalue weighted by Crippen LogP contribution is -2.47. The highest BCUT2D eigenvalue weighted by molar-refractivity contribution is 5.76. The molecule has 0 saturated carbocycles. The molecule has 1 atom stereocenters. The van der Waals surface area contributed by atoms with Crippen LogP contribution in [-0.2, 0) is 30.0 Å². The molecule has 0 aliphatic carbocycles. The fraction of sp³-hybridized carbons (Fsp3) is 0.480. The van der Waals surface area contributed by atoms with E-state index >= 15 is 0 Å². The van der Waals surface area contributed by atoms with Crippen molar-refractivity contribution in [1.82, 2.24) is 28.9 Å². The second-order valence-corrected chi connectivity index (χ2v) is 9.49. The Labute approximate surface area is 207 Å². The van der Waals surface area contributed by atoms with Gasteiger partial charge in [0.05, 0.1) is 6.54 Å². The van der Waals surface area contributed by atoms with Crippen LogP contribution in [0, 0.1) is 0 Å². The normalized spacial score (nSPS) is 18.7. The number of nitrogens with zero attached hydrogens (tertiary/aromatic N) is 5. The summed E-state index contributed by atoms with van der Waals surface area (Å²) in [6.45, 7) is 1.74. The summed E-state index contributed by atoms with van der Waals surface area (Å²) < 4.78 is 7.97. The van der Waals surface area contributed by atoms with Gasteiger partial charge in [-0.2, -0.15) is 0 Å². The topological polar surface area (TPSA) is 123 Å². The summed E-state index contributed by atoms with van der Waals surface area (Å²) in [6.07, 6.45) is 2.34. The molecule has 3 aromatic rings. The zero-order valence-corrected chi connectivity index (χ0v) is 20.5. The monoisotopic (exact) mass is 494 g/mol. The summed E-state index contributed by atoms with van der Waals surface area (Å²) in [7, 11) is 3.01. The number of carbonyl (C=O) groups excluding carboxylic acids is 2. The van der Waals surface area contributed by atoms with Gasteiger partial charge in [-0.05, 0) is 24.8 Å². The van der Waals surface area contributed by atoms with Gasteiger partial charge in [0.15, 0.2) is 5.65 Å². The summed E-state index contributed by atoms with van der Waals surface area (Å²) >= 11 is 0. The largest absolute Gasteiger partial charge is 0.439 e. The van der Waals surface area contributed by atoms with E-state index in [1.165, 1.54) is 11.6 Å². The molecule has 190 valence electrons. The number of rotatable bonds is 6. The van der Waals surface area contributed by atoms with Gasteiger partial charge in [-0.25, -0.2) is 14.6 Å². The number of carbonyl (C=O) groups is 2. The summed E-state index contributed by atoms with van der Waals surface area (Å²) in [5.41, 5.74) is 0.761. The quantitative estimate of drug-likeness (QED) is 0.554. The van der Waals surface area contributed by atoms with E-state index in [2.05, 4.69) is 9.97 Å². The molecule has 11 heteroatoms. The van der Waals surface area contributed by atoms with Gasteiger partial charge in [0.1, 0.15) is 17.4 Å². The minimum absolute atomic E-state index is 0.0686. The van der Waals surface area contributed by atoms with Crippen molar-refractivity contribution >= 4 is 23.2 Å². The Morgan fingerprint density at radius 2 is 1.81 bits per heavy atom. The first-order chi connectivity index (χ1) is 17.3. The molecule has 2 amide bonds. The Hall–Kier alpha value is -3.89. The number of aromatic amines is 1. The molecule has 0 spiro atoms. The van der Waals surface area contributed by atoms with Crippen LogP contribution in [0.2, 0.25) is 0 Å². The van der Waals surface area contributed by atoms with E-state index in [4.69, 9.17) is 4.74 Å². The first-order valence-electron chi connectivity index (χ1n) is 12.3. The third-order valence-corrected chi connectivity index (χ3v) is 7.22. The van der Waals surface area contributed by atoms with Crippen LogP contribution in [0.15, 0.2) is 39.9 Å². The maximum Gasteiger partial charge on any atom is 0.410 e. The lowest BCUT2D eigenvalue weighted by atomic mass is 10.0. The molecule has 1 aromatic carbocycles. The average Bonchev–Trinajstić information content (AvgIpc) is 3.51. The van der Waals surface area contributed by atoms with Gasteiger partial charge in [0.25, 0.3) is 5.56 Å². The standard InChI is InChI=1S/C25H30N6O5/c1-28-22-21(23(33)29(2)24(28)34)26-19(27-22)9-6-10-20(32)30-13-11-17(12-14-30)31-15-18(36-25(31)35)16-7-4-3-5-8-16/h3-5,7-8,17-18H,6,9-15H2,1-2H3,(H,26,27). The number of imidazole rings is 1. The van der Waals surface area contributed by atoms with Crippen LogP contribution in [0.3, 0.4) is 0 Å². The molecule has 1 N–H and O–H groups in total. The molecule has 2 aliphatic rings. The molecule has 5 rings (SSSR count). The van der Waals surface area contributed by atoms with Gasteiger partial charge in [-0.1, -0.05) is 30.3 Å². The van der Waals surface area contributed by atoms with Crippen LogP contribution in [0.1, 0.15) is 43.2 Å². The molecule has 0 radical (unpaired) electrons. The average molecular weight is 495 g/mol. The predicted octanol–water partition coefficient (Wildman–Crippen LogP) is 1.47. The third-order valence-electron chi connectivity index (χ3n) is 7.22. The number of aromatic nitrogens is 4. The third kappa shape index (κ3) is 4.40. The molecular formula is C25H30N6O5. The van der Waals surface area contributed by atoms with Crippen LogP contribution in [0.4, 0.5) is 4.79 Å². The predicted molar refractivity (Wildman–Crippen MR) is 131 cm³/mol. The summed E-state index contributed by atoms with van der Waals surface area (Å²) in [6, 6.07) is 9.82. The molecule has 2 aliphatic heterocycles. The fourth-order valence-electron chi connectivity index (χ4n) is 5.10. The molecule has 36 heavy (non-hydrogen) atoms. The smallest absolute Gasteiger partial charge is 0.410 e. The highest BCUT2D eigenvalue weighted by Gasteiger charge is 2.38. The molecule has 0 bridgehead atoms. The lowest BCUT2D eigenvalue weighted by molar-refractivity contribution is -0.132. The molecular weight excluding hydrogens is 464 g/mol. The number of likely N-dealkylation sites (tertiary alicyclic amines) is 1. The maximum absolute atomic E-state index is 12.8. The van der Waals surface area contributed by atoms with E-state index in [0.717, 1.165) is 23.0 Å². The van der Waals surface area contributed by atoms with Gasteiger partial charge in [-0.15, -0.1) is 0 Å². The van der Waals surface area contributed by atoms with Crippen molar-refractivity contribution in [2.75, 3.05) is 19.6 Å². The van der Waals surface area contributed by atoms with E-state index in [0.29, 0.717) is 50.4 Å². The second kappa shape index (κ2) is 9.63. The summed E-state index contributed by atoms with van der Waals surface area (Å²) in [5.74, 6) is 0.648. The number of cyclic esters (lactones) is 1. The molecule has 11 nitrogen and oxygen atoms in total. The van der Waals surface area contributed by atoms with Crippen molar-refractivity contribution in [2.24, 2.45) is 14.1 Å². The zero-order valence-electron chi connectivity index (χ0n) is 20.5. The Morgan fingerprint density at radius 1 is 1.08 bits per heavy atom. The molecule has 2 fully saturated rings. The number of nitrogens with one attached hydrogen (secondary N) is 1. The Bertz CT molecular complexity index is 1400. The number of hydrogen-bond acceptors (Lipinski definition) is 6. The van der Waals surface area contributed by atoms with Gasteiger partial charge < -0.3 is 19.5 Å². The minimum Gasteiger partial charge on any atom is -0.439 e. The second-order valence-electron chi connectivity index (χ2n) is 9.49. The van der Waals surface area contributed by atoms with Crippen LogP contribution >= 0.6 is 0 Å². The number of benzene rings is 1. The number of piperidine rings is 1. The molecule has 4 heterocycles. The van der Waals surface area contributed by atoms with Crippen molar-refractivity contribution in [3.05, 3.63) is 62.6 Å². The van der Waals surface area contributed by atoms with E-state index in [1.807, 2.05) is 35.2 Å². The van der Waals surface area contributed by atoms with Gasteiger partial charge >= 0.3 is 11.8 Å². The van der Waals surface area contributed by atoms with E-state index in [1.54, 1.807) is 11.9 Å². The van der Waals surface area contributed by atoms with Crippen molar-refractivity contribution in [3.8, 4) is 0 Å². The fourth-order valence-corrected chi connectivity index (χ4v) is 5.10. The summed E-state index contributed by atoms with van der Waals surface area (Å²) in [4.78, 5) is 60.7. The van der Waals surface area contributed by atoms with Crippen molar-refractivity contribution in [2.45, 2.75) is 44.2 Å². The van der Waals surface area contributed by atoms with Crippen molar-refractivity contribution in [3.63, 3.8) is 0 Å². The van der Waals surface area contributed by atoms with Crippen LogP contribution in [0.25, 0.3) is 11.2 Å². The first-order valence-corrected chi connectivity index (χ1v) is 12.3. The Balaban J connectivity index is 1.12. The van der Waals surface area contributed by atoms with Crippen LogP contribution in [0.5, 0.6) is 0 Å². The summed E-state index contributed by atoms with van der Waals surface area (Å²) in [5, 5.41) is 0. The van der Waals surface area contributed by atoms with E-state index < -0.39 is 11.2 Å². The zero-order chi connectivity index (χ0) is 25.4. The van der Waals surface area contributed by atoms with Gasteiger partial charge in [0, 0.05) is 46.1 Å². The maximum atomic E-state index is 12.8. The molecule has 2 aromatic heterocycles. The number of aryl methyl sites for hydroxylation is 2. The highest BCUT2D eigenvalue weighted by Crippen LogP contribution is 2.30. The van der Waals surface area contributed by atoms with Crippen LogP contribution in [-0.4, -0.2) is 66.6 Å². The van der Waals surface area contributed by atoms with Gasteiger partial charge in [-0.3, -0.25) is 18.7 Å². The lowest BCUT2D eigenvalue weighted by Gasteiger charge is -2.35. The molecule has 1 unspecified atom stereocenters. The number of H-pyrrole nitrogens is 1. The Kier molecular flexibility index (Phi) is 6.38. The number of fused-ring (bicyclic) bond motifs is 1. The number of ether oxygens (including phenoxy) is 1. The Morgan fingerprint density at radius 3 is 2.53 bits per heavy atom. The van der Waals surface area contributed by atoms with Crippen LogP contribution < -0.4 is 11.2 Å². The van der Waals surface area contributed by atoms with Gasteiger partial charge in [0.2, 0.25) is 5.91 Å². The molecule has 2 saturated heterocycles.